The number of carbonyl (C=O) groups is 1. The van der Waals surface area contributed by atoms with Gasteiger partial charge >= 0.3 is 0 Å². The number of anilines is 1. The lowest BCUT2D eigenvalue weighted by molar-refractivity contribution is -0.120. The molecule has 28 heavy (non-hydrogen) atoms. The topological polar surface area (TPSA) is 84.9 Å². The van der Waals surface area contributed by atoms with Crippen LogP contribution in [-0.2, 0) is 19.6 Å². The lowest BCUT2D eigenvalue weighted by Crippen LogP contribution is -2.44. The molecule has 0 fully saturated rings. The molecule has 0 radical (unpaired) electrons. The highest BCUT2D eigenvalue weighted by molar-refractivity contribution is 7.92. The van der Waals surface area contributed by atoms with E-state index in [0.717, 1.165) is 4.31 Å². The SMILES string of the molecule is CCOc1ccc(S(=O)(=O)N(CC(=O)N[C@@H](C)COC)c2ccccc2)cc1. The molecule has 0 bridgehead atoms. The maximum absolute atomic E-state index is 13.2. The Balaban J connectivity index is 2.31. The van der Waals surface area contributed by atoms with E-state index in [4.69, 9.17) is 9.47 Å². The molecule has 0 unspecified atom stereocenters. The molecule has 0 saturated heterocycles. The van der Waals surface area contributed by atoms with E-state index < -0.39 is 15.9 Å². The first-order chi connectivity index (χ1) is 13.4. The summed E-state index contributed by atoms with van der Waals surface area (Å²) in [5, 5.41) is 2.74. The number of hydrogen-bond acceptors (Lipinski definition) is 5. The lowest BCUT2D eigenvalue weighted by atomic mass is 10.3. The van der Waals surface area contributed by atoms with Crippen LogP contribution in [-0.4, -0.2) is 47.2 Å². The average Bonchev–Trinajstić information content (AvgIpc) is 2.67. The fourth-order valence-corrected chi connectivity index (χ4v) is 4.07. The van der Waals surface area contributed by atoms with E-state index in [-0.39, 0.29) is 17.5 Å². The van der Waals surface area contributed by atoms with E-state index in [1.54, 1.807) is 49.4 Å². The minimum absolute atomic E-state index is 0.0811. The van der Waals surface area contributed by atoms with E-state index in [0.29, 0.717) is 24.7 Å². The Morgan fingerprint density at radius 1 is 1.11 bits per heavy atom. The van der Waals surface area contributed by atoms with Gasteiger partial charge in [-0.05, 0) is 50.2 Å². The molecule has 1 atom stereocenters. The number of carbonyl (C=O) groups excluding carboxylic acids is 1. The first-order valence-corrected chi connectivity index (χ1v) is 10.4. The number of rotatable bonds is 10. The number of hydrogen-bond donors (Lipinski definition) is 1. The van der Waals surface area contributed by atoms with E-state index in [1.807, 2.05) is 6.92 Å². The van der Waals surface area contributed by atoms with Crippen molar-refractivity contribution in [1.82, 2.24) is 5.32 Å². The molecular formula is C20H26N2O5S. The highest BCUT2D eigenvalue weighted by atomic mass is 32.2. The van der Waals surface area contributed by atoms with Crippen molar-refractivity contribution in [3.05, 3.63) is 54.6 Å². The van der Waals surface area contributed by atoms with Gasteiger partial charge in [0.25, 0.3) is 10.0 Å². The van der Waals surface area contributed by atoms with Crippen molar-refractivity contribution in [3.63, 3.8) is 0 Å². The number of ether oxygens (including phenoxy) is 2. The molecule has 1 amide bonds. The van der Waals surface area contributed by atoms with Gasteiger partial charge in [-0.15, -0.1) is 0 Å². The van der Waals surface area contributed by atoms with E-state index >= 15 is 0 Å². The molecule has 152 valence electrons. The van der Waals surface area contributed by atoms with Gasteiger partial charge in [0.15, 0.2) is 0 Å². The van der Waals surface area contributed by atoms with E-state index in [2.05, 4.69) is 5.32 Å². The Labute approximate surface area is 166 Å². The van der Waals surface area contributed by atoms with Crippen molar-refractivity contribution < 1.29 is 22.7 Å². The van der Waals surface area contributed by atoms with Crippen LogP contribution in [0.4, 0.5) is 5.69 Å². The van der Waals surface area contributed by atoms with Gasteiger partial charge in [0.05, 0.1) is 23.8 Å². The lowest BCUT2D eigenvalue weighted by Gasteiger charge is -2.25. The summed E-state index contributed by atoms with van der Waals surface area (Å²) in [6, 6.07) is 14.4. The maximum Gasteiger partial charge on any atom is 0.264 e. The largest absolute Gasteiger partial charge is 0.494 e. The summed E-state index contributed by atoms with van der Waals surface area (Å²) in [5.41, 5.74) is 0.408. The van der Waals surface area contributed by atoms with Crippen molar-refractivity contribution in [2.75, 3.05) is 31.2 Å². The zero-order valence-electron chi connectivity index (χ0n) is 16.3. The molecule has 2 aromatic carbocycles. The van der Waals surface area contributed by atoms with E-state index in [1.165, 1.54) is 19.2 Å². The van der Waals surface area contributed by atoms with Gasteiger partial charge in [-0.1, -0.05) is 18.2 Å². The van der Waals surface area contributed by atoms with Crippen LogP contribution < -0.4 is 14.4 Å². The molecule has 2 aromatic rings. The number of para-hydroxylation sites is 1. The third-order valence-corrected chi connectivity index (χ3v) is 5.67. The molecule has 0 saturated carbocycles. The molecule has 1 N–H and O–H groups in total. The molecule has 0 aliphatic carbocycles. The normalized spacial score (nSPS) is 12.2. The van der Waals surface area contributed by atoms with Crippen LogP contribution in [0.15, 0.2) is 59.5 Å². The van der Waals surface area contributed by atoms with Gasteiger partial charge in [-0.2, -0.15) is 0 Å². The monoisotopic (exact) mass is 406 g/mol. The van der Waals surface area contributed by atoms with Gasteiger partial charge in [0, 0.05) is 13.2 Å². The van der Waals surface area contributed by atoms with Crippen molar-refractivity contribution >= 4 is 21.6 Å². The average molecular weight is 407 g/mol. The van der Waals surface area contributed by atoms with Crippen molar-refractivity contribution in [2.45, 2.75) is 24.8 Å². The molecular weight excluding hydrogens is 380 g/mol. The molecule has 8 heteroatoms. The van der Waals surface area contributed by atoms with Gasteiger partial charge in [0.1, 0.15) is 12.3 Å². The second kappa shape index (κ2) is 10.1. The van der Waals surface area contributed by atoms with Crippen LogP contribution >= 0.6 is 0 Å². The highest BCUT2D eigenvalue weighted by Gasteiger charge is 2.27. The zero-order valence-corrected chi connectivity index (χ0v) is 17.1. The summed E-state index contributed by atoms with van der Waals surface area (Å²) in [6.45, 7) is 4.12. The number of amides is 1. The van der Waals surface area contributed by atoms with Crippen LogP contribution in [0.25, 0.3) is 0 Å². The fourth-order valence-electron chi connectivity index (χ4n) is 2.65. The van der Waals surface area contributed by atoms with Gasteiger partial charge in [-0.3, -0.25) is 9.10 Å². The third kappa shape index (κ3) is 5.71. The molecule has 0 aliphatic heterocycles. The predicted octanol–water partition coefficient (Wildman–Crippen LogP) is 2.43. The van der Waals surface area contributed by atoms with E-state index in [9.17, 15) is 13.2 Å². The summed E-state index contributed by atoms with van der Waals surface area (Å²) in [4.78, 5) is 12.5. The Hall–Kier alpha value is -2.58. The first-order valence-electron chi connectivity index (χ1n) is 8.97. The number of benzene rings is 2. The number of nitrogens with one attached hydrogen (secondary N) is 1. The second-order valence-corrected chi connectivity index (χ2v) is 8.04. The summed E-state index contributed by atoms with van der Waals surface area (Å²) >= 11 is 0. The Bertz CT molecular complexity index is 854. The van der Waals surface area contributed by atoms with Gasteiger partial charge < -0.3 is 14.8 Å². The third-order valence-electron chi connectivity index (χ3n) is 3.88. The fraction of sp³-hybridized carbons (Fsp3) is 0.350. The Morgan fingerprint density at radius 3 is 2.32 bits per heavy atom. The smallest absolute Gasteiger partial charge is 0.264 e. The summed E-state index contributed by atoms with van der Waals surface area (Å²) in [7, 11) is -2.41. The van der Waals surface area contributed by atoms with Crippen molar-refractivity contribution in [1.29, 1.82) is 0 Å². The molecule has 0 heterocycles. The van der Waals surface area contributed by atoms with Crippen molar-refractivity contribution in [2.24, 2.45) is 0 Å². The number of sulfonamides is 1. The number of nitrogens with zero attached hydrogens (tertiary/aromatic N) is 1. The first kappa shape index (κ1) is 21.7. The predicted molar refractivity (Wildman–Crippen MR) is 108 cm³/mol. The van der Waals surface area contributed by atoms with Crippen LogP contribution in [0.2, 0.25) is 0 Å². The standard InChI is InChI=1S/C20H26N2O5S/c1-4-27-18-10-12-19(13-11-18)28(24,25)22(17-8-6-5-7-9-17)14-20(23)21-16(2)15-26-3/h5-13,16H,4,14-15H2,1-3H3,(H,21,23)/t16-/m0/s1. The summed E-state index contributed by atoms with van der Waals surface area (Å²) in [5.74, 6) is 0.168. The second-order valence-electron chi connectivity index (χ2n) is 6.18. The van der Waals surface area contributed by atoms with Crippen LogP contribution in [0, 0.1) is 0 Å². The number of methoxy groups -OCH3 is 1. The van der Waals surface area contributed by atoms with Crippen LogP contribution in [0.3, 0.4) is 0 Å². The maximum atomic E-state index is 13.2. The molecule has 0 aliphatic rings. The minimum Gasteiger partial charge on any atom is -0.494 e. The van der Waals surface area contributed by atoms with Gasteiger partial charge in [0.2, 0.25) is 5.91 Å². The summed E-state index contributed by atoms with van der Waals surface area (Å²) in [6.07, 6.45) is 0. The summed E-state index contributed by atoms with van der Waals surface area (Å²) < 4.78 is 37.9. The molecule has 2 rings (SSSR count). The Morgan fingerprint density at radius 2 is 1.75 bits per heavy atom. The van der Waals surface area contributed by atoms with Gasteiger partial charge in [-0.25, -0.2) is 8.42 Å². The Kier molecular flexibility index (Phi) is 7.83. The van der Waals surface area contributed by atoms with Crippen molar-refractivity contribution in [3.8, 4) is 5.75 Å². The quantitative estimate of drug-likeness (QED) is 0.655. The molecule has 0 aromatic heterocycles. The molecule has 7 nitrogen and oxygen atoms in total. The zero-order chi connectivity index (χ0) is 20.6. The molecule has 0 spiro atoms. The minimum atomic E-state index is -3.94. The van der Waals surface area contributed by atoms with Crippen LogP contribution in [0.5, 0.6) is 5.75 Å². The van der Waals surface area contributed by atoms with Crippen LogP contribution in [0.1, 0.15) is 13.8 Å². The highest BCUT2D eigenvalue weighted by Crippen LogP contribution is 2.25.